The Kier molecular flexibility index (Phi) is 6.45. The predicted octanol–water partition coefficient (Wildman–Crippen LogP) is 2.49. The molecular formula is C21H28N2O3. The highest BCUT2D eigenvalue weighted by molar-refractivity contribution is 5.95. The number of aliphatic hydroxyl groups excluding tert-OH is 1. The molecule has 2 aliphatic rings. The third-order valence-electron chi connectivity index (χ3n) is 5.43. The second-order valence-electron chi connectivity index (χ2n) is 7.16. The Morgan fingerprint density at radius 3 is 2.42 bits per heavy atom. The number of para-hydroxylation sites is 1. The van der Waals surface area contributed by atoms with Crippen molar-refractivity contribution in [3.63, 3.8) is 0 Å². The van der Waals surface area contributed by atoms with Crippen molar-refractivity contribution in [3.05, 3.63) is 35.9 Å². The van der Waals surface area contributed by atoms with E-state index in [9.17, 15) is 9.59 Å². The zero-order chi connectivity index (χ0) is 18.4. The number of piperazine rings is 1. The van der Waals surface area contributed by atoms with Crippen LogP contribution in [0, 0.1) is 5.92 Å². The Balaban J connectivity index is 1.62. The molecule has 1 heterocycles. The molecule has 1 aliphatic heterocycles. The maximum absolute atomic E-state index is 12.7. The zero-order valence-corrected chi connectivity index (χ0v) is 15.3. The van der Waals surface area contributed by atoms with Crippen molar-refractivity contribution in [2.45, 2.75) is 32.1 Å². The Labute approximate surface area is 155 Å². The summed E-state index contributed by atoms with van der Waals surface area (Å²) in [4.78, 5) is 28.4. The monoisotopic (exact) mass is 356 g/mol. The van der Waals surface area contributed by atoms with Gasteiger partial charge in [-0.3, -0.25) is 9.59 Å². The molecule has 0 radical (unpaired) electrons. The standard InChI is InChI=1S/C21H28N2O3/c24-16-19(25)11-10-17-6-4-5-9-20(17)22-12-14-23(15-13-22)21(26)18-7-2-1-3-8-18/h4-6,9-11,18,24H,1-3,7-8,12-16H2/b11-10+. The Hall–Kier alpha value is -2.14. The first-order valence-corrected chi connectivity index (χ1v) is 9.63. The summed E-state index contributed by atoms with van der Waals surface area (Å²) in [5.74, 6) is 0.267. The molecule has 0 unspecified atom stereocenters. The lowest BCUT2D eigenvalue weighted by molar-refractivity contribution is -0.136. The molecule has 0 atom stereocenters. The number of rotatable bonds is 5. The quantitative estimate of drug-likeness (QED) is 0.824. The summed E-state index contributed by atoms with van der Waals surface area (Å²) >= 11 is 0. The highest BCUT2D eigenvalue weighted by Crippen LogP contribution is 2.27. The number of aliphatic hydroxyl groups is 1. The number of anilines is 1. The number of ketones is 1. The van der Waals surface area contributed by atoms with Gasteiger partial charge in [-0.25, -0.2) is 0 Å². The van der Waals surface area contributed by atoms with Gasteiger partial charge in [0.2, 0.25) is 5.91 Å². The summed E-state index contributed by atoms with van der Waals surface area (Å²) in [5.41, 5.74) is 2.03. The van der Waals surface area contributed by atoms with Crippen LogP contribution in [0.4, 0.5) is 5.69 Å². The van der Waals surface area contributed by atoms with Crippen LogP contribution in [-0.2, 0) is 9.59 Å². The second kappa shape index (κ2) is 8.99. The summed E-state index contributed by atoms with van der Waals surface area (Å²) in [7, 11) is 0. The SMILES string of the molecule is O=C(/C=C/c1ccccc1N1CCN(C(=O)C2CCCCC2)CC1)CO. The molecule has 1 amide bonds. The number of carbonyl (C=O) groups is 2. The molecule has 5 nitrogen and oxygen atoms in total. The number of nitrogens with zero attached hydrogens (tertiary/aromatic N) is 2. The molecule has 0 spiro atoms. The predicted molar refractivity (Wildman–Crippen MR) is 103 cm³/mol. The largest absolute Gasteiger partial charge is 0.388 e. The summed E-state index contributed by atoms with van der Waals surface area (Å²) in [6.07, 6.45) is 8.90. The molecule has 1 N–H and O–H groups in total. The Bertz CT molecular complexity index is 657. The highest BCUT2D eigenvalue weighted by atomic mass is 16.3. The van der Waals surface area contributed by atoms with Crippen molar-refractivity contribution >= 4 is 23.5 Å². The van der Waals surface area contributed by atoms with Crippen molar-refractivity contribution < 1.29 is 14.7 Å². The summed E-state index contributed by atoms with van der Waals surface area (Å²) in [6, 6.07) is 7.94. The van der Waals surface area contributed by atoms with Gasteiger partial charge in [-0.05, 0) is 36.6 Å². The second-order valence-corrected chi connectivity index (χ2v) is 7.16. The third kappa shape index (κ3) is 4.52. The first-order chi connectivity index (χ1) is 12.7. The van der Waals surface area contributed by atoms with Gasteiger partial charge in [0.1, 0.15) is 6.61 Å². The molecule has 0 aromatic heterocycles. The minimum Gasteiger partial charge on any atom is -0.388 e. The van der Waals surface area contributed by atoms with E-state index in [-0.39, 0.29) is 11.7 Å². The molecule has 26 heavy (non-hydrogen) atoms. The maximum Gasteiger partial charge on any atom is 0.225 e. The van der Waals surface area contributed by atoms with Crippen LogP contribution in [0.15, 0.2) is 30.3 Å². The normalized spacial score (nSPS) is 19.1. The van der Waals surface area contributed by atoms with Gasteiger partial charge in [-0.1, -0.05) is 37.5 Å². The van der Waals surface area contributed by atoms with Crippen LogP contribution < -0.4 is 4.90 Å². The molecule has 1 saturated heterocycles. The average Bonchev–Trinajstić information content (AvgIpc) is 2.72. The third-order valence-corrected chi connectivity index (χ3v) is 5.43. The van der Waals surface area contributed by atoms with Gasteiger partial charge in [0.25, 0.3) is 0 Å². The molecule has 5 heteroatoms. The average molecular weight is 356 g/mol. The van der Waals surface area contributed by atoms with Crippen LogP contribution in [0.25, 0.3) is 6.08 Å². The van der Waals surface area contributed by atoms with E-state index >= 15 is 0 Å². The van der Waals surface area contributed by atoms with E-state index in [0.717, 1.165) is 50.3 Å². The number of benzene rings is 1. The van der Waals surface area contributed by atoms with Crippen LogP contribution in [-0.4, -0.2) is 54.5 Å². The van der Waals surface area contributed by atoms with Crippen molar-refractivity contribution in [1.29, 1.82) is 0 Å². The van der Waals surface area contributed by atoms with Crippen molar-refractivity contribution in [3.8, 4) is 0 Å². The highest BCUT2D eigenvalue weighted by Gasteiger charge is 2.28. The fourth-order valence-corrected chi connectivity index (χ4v) is 3.93. The van der Waals surface area contributed by atoms with E-state index in [1.54, 1.807) is 6.08 Å². The van der Waals surface area contributed by atoms with Crippen molar-refractivity contribution in [2.75, 3.05) is 37.7 Å². The Morgan fingerprint density at radius 1 is 1.04 bits per heavy atom. The van der Waals surface area contributed by atoms with Gasteiger partial charge in [0, 0.05) is 37.8 Å². The van der Waals surface area contributed by atoms with Crippen LogP contribution in [0.1, 0.15) is 37.7 Å². The lowest BCUT2D eigenvalue weighted by Crippen LogP contribution is -2.50. The van der Waals surface area contributed by atoms with E-state index < -0.39 is 6.61 Å². The van der Waals surface area contributed by atoms with Gasteiger partial charge < -0.3 is 14.9 Å². The molecule has 1 aliphatic carbocycles. The maximum atomic E-state index is 12.7. The molecular weight excluding hydrogens is 328 g/mol. The van der Waals surface area contributed by atoms with Crippen molar-refractivity contribution in [1.82, 2.24) is 4.90 Å². The van der Waals surface area contributed by atoms with E-state index in [4.69, 9.17) is 5.11 Å². The van der Waals surface area contributed by atoms with Gasteiger partial charge in [0.05, 0.1) is 0 Å². The molecule has 1 aromatic rings. The fraction of sp³-hybridized carbons (Fsp3) is 0.524. The zero-order valence-electron chi connectivity index (χ0n) is 15.3. The van der Waals surface area contributed by atoms with Crippen LogP contribution in [0.5, 0.6) is 0 Å². The van der Waals surface area contributed by atoms with Gasteiger partial charge in [-0.2, -0.15) is 0 Å². The summed E-state index contributed by atoms with van der Waals surface area (Å²) < 4.78 is 0. The number of hydrogen-bond donors (Lipinski definition) is 1. The van der Waals surface area contributed by atoms with E-state index in [1.165, 1.54) is 25.3 Å². The van der Waals surface area contributed by atoms with Crippen molar-refractivity contribution in [2.24, 2.45) is 5.92 Å². The van der Waals surface area contributed by atoms with Gasteiger partial charge >= 0.3 is 0 Å². The van der Waals surface area contributed by atoms with Crippen LogP contribution >= 0.6 is 0 Å². The smallest absolute Gasteiger partial charge is 0.225 e. The van der Waals surface area contributed by atoms with E-state index in [1.807, 2.05) is 29.2 Å². The van der Waals surface area contributed by atoms with E-state index in [2.05, 4.69) is 4.90 Å². The van der Waals surface area contributed by atoms with Crippen LogP contribution in [0.3, 0.4) is 0 Å². The molecule has 3 rings (SSSR count). The summed E-state index contributed by atoms with van der Waals surface area (Å²) in [6.45, 7) is 2.64. The lowest BCUT2D eigenvalue weighted by atomic mass is 9.88. The minimum atomic E-state index is -0.472. The topological polar surface area (TPSA) is 60.9 Å². The first kappa shape index (κ1) is 18.6. The molecule has 2 fully saturated rings. The van der Waals surface area contributed by atoms with E-state index in [0.29, 0.717) is 5.91 Å². The lowest BCUT2D eigenvalue weighted by Gasteiger charge is -2.38. The number of carbonyl (C=O) groups excluding carboxylic acids is 2. The van der Waals surface area contributed by atoms with Gasteiger partial charge in [-0.15, -0.1) is 0 Å². The molecule has 0 bridgehead atoms. The molecule has 1 aromatic carbocycles. The first-order valence-electron chi connectivity index (χ1n) is 9.63. The number of amides is 1. The molecule has 1 saturated carbocycles. The molecule has 140 valence electrons. The fourth-order valence-electron chi connectivity index (χ4n) is 3.93. The van der Waals surface area contributed by atoms with Gasteiger partial charge in [0.15, 0.2) is 5.78 Å². The van der Waals surface area contributed by atoms with Crippen LogP contribution in [0.2, 0.25) is 0 Å². The minimum absolute atomic E-state index is 0.231. The Morgan fingerprint density at radius 2 is 1.73 bits per heavy atom. The number of hydrogen-bond acceptors (Lipinski definition) is 4. The summed E-state index contributed by atoms with van der Waals surface area (Å²) in [5, 5.41) is 8.87.